The smallest absolute Gasteiger partial charge is 0.261 e. The van der Waals surface area contributed by atoms with Gasteiger partial charge < -0.3 is 5.11 Å². The topological polar surface area (TPSA) is 57.6 Å². The highest BCUT2D eigenvalue weighted by Gasteiger charge is 2.30. The highest BCUT2D eigenvalue weighted by Crippen LogP contribution is 2.22. The minimum absolute atomic E-state index is 0.162. The Morgan fingerprint density at radius 2 is 1.70 bits per heavy atom. The summed E-state index contributed by atoms with van der Waals surface area (Å²) in [4.78, 5) is 25.7. The minimum Gasteiger partial charge on any atom is -0.508 e. The van der Waals surface area contributed by atoms with E-state index in [0.29, 0.717) is 5.56 Å². The molecule has 3 rings (SSSR count). The van der Waals surface area contributed by atoms with E-state index in [-0.39, 0.29) is 30.5 Å². The molecule has 0 unspecified atom stereocenters. The Bertz CT molecular complexity index is 676. The summed E-state index contributed by atoms with van der Waals surface area (Å²) in [6.45, 7) is 0.228. The molecule has 0 saturated heterocycles. The highest BCUT2D eigenvalue weighted by molar-refractivity contribution is 6.09. The molecule has 1 aliphatic rings. The lowest BCUT2D eigenvalue weighted by atomic mass is 9.98. The molecule has 0 fully saturated rings. The van der Waals surface area contributed by atoms with Crippen molar-refractivity contribution in [3.63, 3.8) is 0 Å². The first-order valence-corrected chi connectivity index (χ1v) is 6.35. The van der Waals surface area contributed by atoms with Crippen LogP contribution in [0.3, 0.4) is 0 Å². The zero-order valence-corrected chi connectivity index (χ0v) is 10.7. The molecule has 100 valence electrons. The molecular weight excluding hydrogens is 254 g/mol. The number of hydrogen-bond acceptors (Lipinski definition) is 3. The Morgan fingerprint density at radius 3 is 2.45 bits per heavy atom. The Morgan fingerprint density at radius 1 is 1.00 bits per heavy atom. The molecule has 0 radical (unpaired) electrons. The normalized spacial score (nSPS) is 14.3. The Balaban J connectivity index is 1.89. The maximum atomic E-state index is 12.4. The van der Waals surface area contributed by atoms with Crippen molar-refractivity contribution in [3.8, 4) is 5.75 Å². The van der Waals surface area contributed by atoms with E-state index in [1.807, 2.05) is 12.1 Å². The van der Waals surface area contributed by atoms with Crippen molar-refractivity contribution in [3.05, 3.63) is 65.2 Å². The second-order valence-electron chi connectivity index (χ2n) is 4.79. The van der Waals surface area contributed by atoms with Gasteiger partial charge in [-0.25, -0.2) is 0 Å². The molecule has 0 saturated carbocycles. The zero-order chi connectivity index (χ0) is 14.1. The fourth-order valence-corrected chi connectivity index (χ4v) is 2.34. The van der Waals surface area contributed by atoms with Gasteiger partial charge in [0, 0.05) is 5.56 Å². The number of benzene rings is 2. The summed E-state index contributed by atoms with van der Waals surface area (Å²) in [6, 6.07) is 13.7. The van der Waals surface area contributed by atoms with Crippen LogP contribution >= 0.6 is 0 Å². The fraction of sp³-hybridized carbons (Fsp3) is 0.125. The number of phenols is 1. The highest BCUT2D eigenvalue weighted by atomic mass is 16.3. The van der Waals surface area contributed by atoms with Gasteiger partial charge in [0.2, 0.25) is 5.91 Å². The lowest BCUT2D eigenvalue weighted by Crippen LogP contribution is -2.41. The first kappa shape index (κ1) is 12.4. The van der Waals surface area contributed by atoms with Gasteiger partial charge in [-0.1, -0.05) is 30.3 Å². The molecule has 2 aromatic carbocycles. The van der Waals surface area contributed by atoms with E-state index < -0.39 is 0 Å². The number of fused-ring (bicyclic) bond motifs is 1. The van der Waals surface area contributed by atoms with Gasteiger partial charge in [-0.15, -0.1) is 0 Å². The number of rotatable bonds is 2. The summed E-state index contributed by atoms with van der Waals surface area (Å²) in [5.41, 5.74) is 2.18. The van der Waals surface area contributed by atoms with Gasteiger partial charge in [-0.3, -0.25) is 14.5 Å². The van der Waals surface area contributed by atoms with Crippen molar-refractivity contribution in [2.24, 2.45) is 0 Å². The van der Waals surface area contributed by atoms with Crippen LogP contribution in [0.4, 0.5) is 0 Å². The summed E-state index contributed by atoms with van der Waals surface area (Å²) < 4.78 is 0. The van der Waals surface area contributed by atoms with Crippen molar-refractivity contribution >= 4 is 11.8 Å². The maximum Gasteiger partial charge on any atom is 0.261 e. The van der Waals surface area contributed by atoms with Crippen LogP contribution in [0.1, 0.15) is 21.5 Å². The number of aromatic hydroxyl groups is 1. The van der Waals surface area contributed by atoms with E-state index >= 15 is 0 Å². The van der Waals surface area contributed by atoms with Gasteiger partial charge in [0.05, 0.1) is 13.0 Å². The number of carbonyl (C=O) groups is 2. The standard InChI is InChI=1S/C16H13NO3/c18-13-7-5-11(6-8-13)10-17-15(19)9-12-3-1-2-4-14(12)16(17)20/h1-8,18H,9-10H2. The van der Waals surface area contributed by atoms with E-state index in [1.54, 1.807) is 36.4 Å². The van der Waals surface area contributed by atoms with Crippen molar-refractivity contribution in [1.29, 1.82) is 0 Å². The van der Waals surface area contributed by atoms with Crippen molar-refractivity contribution < 1.29 is 14.7 Å². The van der Waals surface area contributed by atoms with Gasteiger partial charge in [-0.05, 0) is 29.3 Å². The fourth-order valence-electron chi connectivity index (χ4n) is 2.34. The molecule has 2 amide bonds. The molecule has 1 heterocycles. The number of hydrogen-bond donors (Lipinski definition) is 1. The van der Waals surface area contributed by atoms with E-state index in [1.165, 1.54) is 4.90 Å². The van der Waals surface area contributed by atoms with Crippen LogP contribution in [0.2, 0.25) is 0 Å². The molecule has 20 heavy (non-hydrogen) atoms. The van der Waals surface area contributed by atoms with E-state index in [2.05, 4.69) is 0 Å². The van der Waals surface area contributed by atoms with Crippen molar-refractivity contribution in [2.75, 3.05) is 0 Å². The Labute approximate surface area is 116 Å². The SMILES string of the molecule is O=C1Cc2ccccc2C(=O)N1Cc1ccc(O)cc1. The molecule has 1 N–H and O–H groups in total. The van der Waals surface area contributed by atoms with Gasteiger partial charge in [0.15, 0.2) is 0 Å². The predicted molar refractivity (Wildman–Crippen MR) is 73.1 cm³/mol. The van der Waals surface area contributed by atoms with Crippen LogP contribution in [0.25, 0.3) is 0 Å². The van der Waals surface area contributed by atoms with Crippen LogP contribution in [0.15, 0.2) is 48.5 Å². The molecule has 0 aromatic heterocycles. The first-order valence-electron chi connectivity index (χ1n) is 6.35. The minimum atomic E-state index is -0.259. The summed E-state index contributed by atoms with van der Waals surface area (Å²) in [5.74, 6) is -0.290. The van der Waals surface area contributed by atoms with Gasteiger partial charge in [0.1, 0.15) is 5.75 Å². The average Bonchev–Trinajstić information content (AvgIpc) is 2.45. The molecule has 0 spiro atoms. The molecule has 4 heteroatoms. The van der Waals surface area contributed by atoms with Crippen LogP contribution in [-0.4, -0.2) is 21.8 Å². The molecule has 4 nitrogen and oxygen atoms in total. The maximum absolute atomic E-state index is 12.4. The number of imide groups is 1. The molecule has 0 bridgehead atoms. The largest absolute Gasteiger partial charge is 0.508 e. The number of nitrogens with zero attached hydrogens (tertiary/aromatic N) is 1. The summed E-state index contributed by atoms with van der Waals surface area (Å²) in [5, 5.41) is 9.25. The lowest BCUT2D eigenvalue weighted by molar-refractivity contribution is -0.128. The average molecular weight is 267 g/mol. The van der Waals surface area contributed by atoms with Crippen molar-refractivity contribution in [2.45, 2.75) is 13.0 Å². The predicted octanol–water partition coefficient (Wildman–Crippen LogP) is 2.12. The van der Waals surface area contributed by atoms with Gasteiger partial charge in [-0.2, -0.15) is 0 Å². The monoisotopic (exact) mass is 267 g/mol. The van der Waals surface area contributed by atoms with Crippen LogP contribution < -0.4 is 0 Å². The van der Waals surface area contributed by atoms with Gasteiger partial charge >= 0.3 is 0 Å². The summed E-state index contributed by atoms with van der Waals surface area (Å²) in [6.07, 6.45) is 0.250. The second-order valence-corrected chi connectivity index (χ2v) is 4.79. The summed E-state index contributed by atoms with van der Waals surface area (Å²) >= 11 is 0. The van der Waals surface area contributed by atoms with Crippen molar-refractivity contribution in [1.82, 2.24) is 4.90 Å². The summed E-state index contributed by atoms with van der Waals surface area (Å²) in [7, 11) is 0. The number of carbonyl (C=O) groups excluding carboxylic acids is 2. The van der Waals surface area contributed by atoms with Gasteiger partial charge in [0.25, 0.3) is 5.91 Å². The number of phenolic OH excluding ortho intramolecular Hbond substituents is 1. The first-order chi connectivity index (χ1) is 9.65. The third kappa shape index (κ3) is 2.16. The third-order valence-corrected chi connectivity index (χ3v) is 3.41. The zero-order valence-electron chi connectivity index (χ0n) is 10.7. The Kier molecular flexibility index (Phi) is 2.99. The molecule has 2 aromatic rings. The van der Waals surface area contributed by atoms with Crippen LogP contribution in [0.5, 0.6) is 5.75 Å². The molecule has 1 aliphatic heterocycles. The third-order valence-electron chi connectivity index (χ3n) is 3.41. The lowest BCUT2D eigenvalue weighted by Gasteiger charge is -2.26. The second kappa shape index (κ2) is 4.81. The molecule has 0 atom stereocenters. The Hall–Kier alpha value is -2.62. The quantitative estimate of drug-likeness (QED) is 0.848. The van der Waals surface area contributed by atoms with Crippen LogP contribution in [-0.2, 0) is 17.8 Å². The van der Waals surface area contributed by atoms with E-state index in [0.717, 1.165) is 11.1 Å². The van der Waals surface area contributed by atoms with E-state index in [4.69, 9.17) is 0 Å². The number of amides is 2. The van der Waals surface area contributed by atoms with Crippen LogP contribution in [0, 0.1) is 0 Å². The molecule has 0 aliphatic carbocycles. The van der Waals surface area contributed by atoms with E-state index in [9.17, 15) is 14.7 Å². The molecular formula is C16H13NO3.